The molecule has 1 N–H and O–H groups in total. The van der Waals surface area contributed by atoms with Gasteiger partial charge < -0.3 is 5.32 Å². The van der Waals surface area contributed by atoms with E-state index in [2.05, 4.69) is 10.2 Å². The quantitative estimate of drug-likeness (QED) is 0.878. The molecule has 1 saturated heterocycles. The first-order valence-corrected chi connectivity index (χ1v) is 7.51. The molecule has 1 aliphatic carbocycles. The van der Waals surface area contributed by atoms with Gasteiger partial charge in [0.1, 0.15) is 5.82 Å². The van der Waals surface area contributed by atoms with Gasteiger partial charge in [-0.25, -0.2) is 4.39 Å². The molecule has 0 aromatic heterocycles. The highest BCUT2D eigenvalue weighted by molar-refractivity contribution is 5.17. The van der Waals surface area contributed by atoms with Crippen LogP contribution in [-0.2, 0) is 6.54 Å². The largest absolute Gasteiger partial charge is 0.316 e. The van der Waals surface area contributed by atoms with Crippen molar-refractivity contribution in [1.82, 2.24) is 10.2 Å². The number of benzene rings is 1. The van der Waals surface area contributed by atoms with Gasteiger partial charge in [-0.2, -0.15) is 0 Å². The number of hydrogen-bond acceptors (Lipinski definition) is 2. The fraction of sp³-hybridized carbons (Fsp3) is 0.625. The first-order valence-electron chi connectivity index (χ1n) is 7.51. The van der Waals surface area contributed by atoms with E-state index >= 15 is 0 Å². The van der Waals surface area contributed by atoms with Gasteiger partial charge in [0.15, 0.2) is 0 Å². The molecule has 19 heavy (non-hydrogen) atoms. The first-order chi connectivity index (χ1) is 9.33. The average molecular weight is 262 g/mol. The van der Waals surface area contributed by atoms with Crippen molar-refractivity contribution < 1.29 is 4.39 Å². The van der Waals surface area contributed by atoms with Crippen molar-refractivity contribution in [3.63, 3.8) is 0 Å². The van der Waals surface area contributed by atoms with Crippen LogP contribution in [-0.4, -0.2) is 30.6 Å². The Morgan fingerprint density at radius 2 is 2.05 bits per heavy atom. The van der Waals surface area contributed by atoms with Gasteiger partial charge in [-0.05, 0) is 50.8 Å². The third-order valence-corrected chi connectivity index (χ3v) is 4.29. The number of nitrogens with one attached hydrogen (secondary N) is 1. The van der Waals surface area contributed by atoms with E-state index in [9.17, 15) is 4.39 Å². The molecular formula is C16H23FN2. The fourth-order valence-corrected chi connectivity index (χ4v) is 3.04. The van der Waals surface area contributed by atoms with E-state index in [1.807, 2.05) is 12.1 Å². The molecular weight excluding hydrogens is 239 g/mol. The Hall–Kier alpha value is -0.930. The second-order valence-corrected chi connectivity index (χ2v) is 5.96. The topological polar surface area (TPSA) is 15.3 Å². The molecule has 104 valence electrons. The van der Waals surface area contributed by atoms with Crippen molar-refractivity contribution in [2.24, 2.45) is 5.92 Å². The van der Waals surface area contributed by atoms with Gasteiger partial charge in [-0.1, -0.05) is 18.2 Å². The van der Waals surface area contributed by atoms with Crippen molar-refractivity contribution in [1.29, 1.82) is 0 Å². The zero-order valence-corrected chi connectivity index (χ0v) is 11.4. The lowest BCUT2D eigenvalue weighted by molar-refractivity contribution is 0.191. The summed E-state index contributed by atoms with van der Waals surface area (Å²) in [6.07, 6.45) is 5.17. The number of piperidine rings is 1. The SMILES string of the molecule is Fc1ccccc1CN(CC1CCCNC1)C1CC1. The standard InChI is InChI=1S/C16H23FN2/c17-16-6-2-1-5-14(16)12-19(15-7-8-15)11-13-4-3-9-18-10-13/h1-2,5-6,13,15,18H,3-4,7-12H2. The molecule has 3 rings (SSSR count). The highest BCUT2D eigenvalue weighted by Crippen LogP contribution is 2.30. The van der Waals surface area contributed by atoms with Crippen molar-refractivity contribution in [2.75, 3.05) is 19.6 Å². The summed E-state index contributed by atoms with van der Waals surface area (Å²) >= 11 is 0. The molecule has 0 bridgehead atoms. The summed E-state index contributed by atoms with van der Waals surface area (Å²) in [4.78, 5) is 2.50. The lowest BCUT2D eigenvalue weighted by Crippen LogP contribution is -2.39. The molecule has 1 heterocycles. The van der Waals surface area contributed by atoms with Crippen molar-refractivity contribution in [2.45, 2.75) is 38.3 Å². The maximum atomic E-state index is 13.8. The molecule has 0 radical (unpaired) electrons. The number of rotatable bonds is 5. The van der Waals surface area contributed by atoms with Crippen LogP contribution in [0.1, 0.15) is 31.2 Å². The Morgan fingerprint density at radius 1 is 1.21 bits per heavy atom. The van der Waals surface area contributed by atoms with Crippen molar-refractivity contribution in [3.8, 4) is 0 Å². The highest BCUT2D eigenvalue weighted by atomic mass is 19.1. The summed E-state index contributed by atoms with van der Waals surface area (Å²) < 4.78 is 13.8. The molecule has 2 nitrogen and oxygen atoms in total. The summed E-state index contributed by atoms with van der Waals surface area (Å²) in [7, 11) is 0. The molecule has 1 saturated carbocycles. The number of nitrogens with zero attached hydrogens (tertiary/aromatic N) is 1. The van der Waals surface area contributed by atoms with E-state index < -0.39 is 0 Å². The minimum Gasteiger partial charge on any atom is -0.316 e. The third kappa shape index (κ3) is 3.54. The smallest absolute Gasteiger partial charge is 0.127 e. The molecule has 0 spiro atoms. The lowest BCUT2D eigenvalue weighted by Gasteiger charge is -2.30. The summed E-state index contributed by atoms with van der Waals surface area (Å²) in [5.41, 5.74) is 0.846. The van der Waals surface area contributed by atoms with E-state index in [0.29, 0.717) is 6.04 Å². The van der Waals surface area contributed by atoms with Crippen LogP contribution in [0.3, 0.4) is 0 Å². The number of hydrogen-bond donors (Lipinski definition) is 1. The van der Waals surface area contributed by atoms with Gasteiger partial charge in [0.2, 0.25) is 0 Å². The van der Waals surface area contributed by atoms with Crippen LogP contribution in [0.25, 0.3) is 0 Å². The molecule has 1 aliphatic heterocycles. The minimum atomic E-state index is -0.0603. The van der Waals surface area contributed by atoms with Crippen LogP contribution < -0.4 is 5.32 Å². The van der Waals surface area contributed by atoms with Gasteiger partial charge in [0, 0.05) is 24.7 Å². The molecule has 1 atom stereocenters. The normalized spacial score (nSPS) is 23.8. The van der Waals surface area contributed by atoms with Gasteiger partial charge in [0.05, 0.1) is 0 Å². The van der Waals surface area contributed by atoms with E-state index in [1.165, 1.54) is 25.7 Å². The van der Waals surface area contributed by atoms with Crippen LogP contribution in [0.2, 0.25) is 0 Å². The molecule has 1 aromatic carbocycles. The zero-order chi connectivity index (χ0) is 13.1. The highest BCUT2D eigenvalue weighted by Gasteiger charge is 2.31. The Labute approximate surface area is 115 Å². The first kappa shape index (κ1) is 13.1. The van der Waals surface area contributed by atoms with E-state index in [4.69, 9.17) is 0 Å². The Kier molecular flexibility index (Phi) is 4.14. The van der Waals surface area contributed by atoms with Crippen LogP contribution >= 0.6 is 0 Å². The average Bonchev–Trinajstić information content (AvgIpc) is 3.26. The number of halogens is 1. The van der Waals surface area contributed by atoms with E-state index in [-0.39, 0.29) is 5.82 Å². The van der Waals surface area contributed by atoms with Gasteiger partial charge in [0.25, 0.3) is 0 Å². The van der Waals surface area contributed by atoms with Gasteiger partial charge in [-0.15, -0.1) is 0 Å². The fourth-order valence-electron chi connectivity index (χ4n) is 3.04. The van der Waals surface area contributed by atoms with Crippen LogP contribution in [0, 0.1) is 11.7 Å². The van der Waals surface area contributed by atoms with E-state index in [0.717, 1.165) is 37.7 Å². The summed E-state index contributed by atoms with van der Waals surface area (Å²) in [6.45, 7) is 4.17. The molecule has 2 fully saturated rings. The third-order valence-electron chi connectivity index (χ3n) is 4.29. The van der Waals surface area contributed by atoms with Crippen LogP contribution in [0.5, 0.6) is 0 Å². The monoisotopic (exact) mass is 262 g/mol. The predicted octanol–water partition coefficient (Wildman–Crippen LogP) is 2.79. The Balaban J connectivity index is 1.62. The van der Waals surface area contributed by atoms with Crippen LogP contribution in [0.15, 0.2) is 24.3 Å². The van der Waals surface area contributed by atoms with Crippen molar-refractivity contribution in [3.05, 3.63) is 35.6 Å². The zero-order valence-electron chi connectivity index (χ0n) is 11.4. The molecule has 1 unspecified atom stereocenters. The Morgan fingerprint density at radius 3 is 2.74 bits per heavy atom. The van der Waals surface area contributed by atoms with Crippen molar-refractivity contribution >= 4 is 0 Å². The second-order valence-electron chi connectivity index (χ2n) is 5.96. The van der Waals surface area contributed by atoms with Gasteiger partial charge >= 0.3 is 0 Å². The Bertz CT molecular complexity index is 411. The molecule has 1 aromatic rings. The van der Waals surface area contributed by atoms with Gasteiger partial charge in [-0.3, -0.25) is 4.90 Å². The molecule has 3 heteroatoms. The van der Waals surface area contributed by atoms with E-state index in [1.54, 1.807) is 12.1 Å². The summed E-state index contributed by atoms with van der Waals surface area (Å²) in [6, 6.07) is 7.89. The molecule has 2 aliphatic rings. The van der Waals surface area contributed by atoms with Crippen LogP contribution in [0.4, 0.5) is 4.39 Å². The second kappa shape index (κ2) is 6.02. The maximum absolute atomic E-state index is 13.8. The predicted molar refractivity (Wildman–Crippen MR) is 75.4 cm³/mol. The lowest BCUT2D eigenvalue weighted by atomic mass is 9.98. The summed E-state index contributed by atoms with van der Waals surface area (Å²) in [5, 5.41) is 3.47. The molecule has 0 amide bonds. The maximum Gasteiger partial charge on any atom is 0.127 e. The summed E-state index contributed by atoms with van der Waals surface area (Å²) in [5.74, 6) is 0.677. The minimum absolute atomic E-state index is 0.0603.